The number of carboxylic acids is 2. The lowest BCUT2D eigenvalue weighted by Crippen LogP contribution is -2.34. The molecule has 0 aromatic carbocycles. The summed E-state index contributed by atoms with van der Waals surface area (Å²) in [7, 11) is -9.00. The Balaban J connectivity index is -0.000000531. The maximum Gasteiger partial charge on any atom is 0.369 e. The van der Waals surface area contributed by atoms with Gasteiger partial charge in [-0.1, -0.05) is 26.2 Å². The van der Waals surface area contributed by atoms with Gasteiger partial charge in [-0.15, -0.1) is 0 Å². The van der Waals surface area contributed by atoms with Gasteiger partial charge in [-0.3, -0.25) is 18.7 Å². The second kappa shape index (κ2) is 19.3. The Labute approximate surface area is 199 Å². The molecule has 0 fully saturated rings. The predicted molar refractivity (Wildman–Crippen MR) is 126 cm³/mol. The monoisotopic (exact) mass is 540 g/mol. The number of aliphatic carboxylic acids is 2. The average molecular weight is 540 g/mol. The van der Waals surface area contributed by atoms with Crippen molar-refractivity contribution in [3.05, 3.63) is 0 Å². The summed E-state index contributed by atoms with van der Waals surface area (Å²) >= 11 is 0. The molecule has 0 bridgehead atoms. The Morgan fingerprint density at radius 1 is 0.941 bits per heavy atom. The van der Waals surface area contributed by atoms with E-state index in [4.69, 9.17) is 41.3 Å². The van der Waals surface area contributed by atoms with Crippen molar-refractivity contribution in [1.82, 2.24) is 4.90 Å². The molecule has 0 aliphatic rings. The highest BCUT2D eigenvalue weighted by Crippen LogP contribution is 2.68. The molecular weight excluding hydrogens is 498 g/mol. The molecule has 0 radical (unpaired) electrons. The highest BCUT2D eigenvalue weighted by molar-refractivity contribution is 7.72. The molecule has 0 saturated carbocycles. The molecule has 0 amide bonds. The SMILES string of the molecule is CCCCCN(C)CCC(O)(P(=O)(O)O)P(=O)(O)O.NCC(=O)O.NCCCC[C@H](N)C(=O)O. The van der Waals surface area contributed by atoms with Crippen molar-refractivity contribution in [2.75, 3.05) is 33.2 Å². The van der Waals surface area contributed by atoms with E-state index in [9.17, 15) is 23.8 Å². The molecule has 13 N–H and O–H groups in total. The number of carboxylic acid groups (broad SMARTS) is 2. The number of nitrogens with two attached hydrogens (primary N) is 3. The van der Waals surface area contributed by atoms with E-state index in [2.05, 4.69) is 5.73 Å². The Morgan fingerprint density at radius 2 is 1.41 bits per heavy atom. The smallest absolute Gasteiger partial charge is 0.369 e. The summed E-state index contributed by atoms with van der Waals surface area (Å²) < 4.78 is 22.2. The van der Waals surface area contributed by atoms with Crippen LogP contribution in [0.1, 0.15) is 51.9 Å². The molecule has 206 valence electrons. The minimum absolute atomic E-state index is 0.0174. The van der Waals surface area contributed by atoms with E-state index in [0.29, 0.717) is 19.5 Å². The quantitative estimate of drug-likeness (QED) is 0.0885. The first kappa shape index (κ1) is 37.6. The van der Waals surface area contributed by atoms with Gasteiger partial charge in [0.25, 0.3) is 5.08 Å². The first-order valence-electron chi connectivity index (χ1n) is 10.5. The average Bonchev–Trinajstić information content (AvgIpc) is 2.71. The molecule has 0 aromatic heterocycles. The Bertz CT molecular complexity index is 635. The minimum Gasteiger partial charge on any atom is -0.480 e. The minimum atomic E-state index is -5.33. The normalized spacial score (nSPS) is 12.8. The lowest BCUT2D eigenvalue weighted by molar-refractivity contribution is -0.138. The van der Waals surface area contributed by atoms with Crippen LogP contribution in [-0.2, 0) is 18.7 Å². The summed E-state index contributed by atoms with van der Waals surface area (Å²) in [6.07, 6.45) is 4.35. The molecule has 17 heteroatoms. The molecule has 0 saturated heterocycles. The number of unbranched alkanes of at least 4 members (excludes halogenated alkanes) is 3. The third-order valence-corrected chi connectivity index (χ3v) is 8.24. The number of nitrogens with zero attached hydrogens (tertiary/aromatic N) is 1. The Kier molecular flexibility index (Phi) is 21.3. The fraction of sp³-hybridized carbons (Fsp3) is 0.882. The van der Waals surface area contributed by atoms with Gasteiger partial charge in [0, 0.05) is 13.0 Å². The van der Waals surface area contributed by atoms with Crippen molar-refractivity contribution < 1.29 is 53.6 Å². The van der Waals surface area contributed by atoms with Crippen LogP contribution < -0.4 is 17.2 Å². The van der Waals surface area contributed by atoms with Crippen LogP contribution in [0.25, 0.3) is 0 Å². The van der Waals surface area contributed by atoms with Gasteiger partial charge in [-0.05, 0) is 39.4 Å². The van der Waals surface area contributed by atoms with E-state index < -0.39 is 44.7 Å². The Hall–Kier alpha value is -0.960. The predicted octanol–water partition coefficient (Wildman–Crippen LogP) is -0.943. The zero-order valence-corrected chi connectivity index (χ0v) is 21.5. The van der Waals surface area contributed by atoms with E-state index >= 15 is 0 Å². The van der Waals surface area contributed by atoms with E-state index in [-0.39, 0.29) is 13.1 Å². The van der Waals surface area contributed by atoms with Crippen molar-refractivity contribution in [3.8, 4) is 0 Å². The molecule has 0 rings (SSSR count). The molecule has 0 heterocycles. The van der Waals surface area contributed by atoms with Crippen LogP contribution in [0.15, 0.2) is 0 Å². The zero-order chi connectivity index (χ0) is 27.6. The molecule has 0 unspecified atom stereocenters. The second-order valence-corrected chi connectivity index (χ2v) is 11.5. The zero-order valence-electron chi connectivity index (χ0n) is 19.7. The van der Waals surface area contributed by atoms with Crippen LogP contribution in [0.5, 0.6) is 0 Å². The molecule has 1 atom stereocenters. The lowest BCUT2D eigenvalue weighted by Gasteiger charge is -2.30. The molecule has 0 aliphatic carbocycles. The van der Waals surface area contributed by atoms with Gasteiger partial charge >= 0.3 is 27.1 Å². The largest absolute Gasteiger partial charge is 0.480 e. The lowest BCUT2D eigenvalue weighted by atomic mass is 10.1. The van der Waals surface area contributed by atoms with Crippen LogP contribution in [-0.4, -0.2) is 96.1 Å². The van der Waals surface area contributed by atoms with Crippen molar-refractivity contribution >= 4 is 27.1 Å². The number of carbonyl (C=O) groups is 2. The van der Waals surface area contributed by atoms with Gasteiger partial charge in [0.1, 0.15) is 6.04 Å². The van der Waals surface area contributed by atoms with Crippen molar-refractivity contribution in [1.29, 1.82) is 0 Å². The van der Waals surface area contributed by atoms with Crippen LogP contribution in [0, 0.1) is 0 Å². The van der Waals surface area contributed by atoms with Crippen LogP contribution in [0.2, 0.25) is 0 Å². The number of hydrogen-bond acceptors (Lipinski definition) is 9. The van der Waals surface area contributed by atoms with Crippen molar-refractivity contribution in [2.24, 2.45) is 17.2 Å². The van der Waals surface area contributed by atoms with Gasteiger partial charge in [-0.25, -0.2) is 0 Å². The first-order valence-corrected chi connectivity index (χ1v) is 13.8. The van der Waals surface area contributed by atoms with E-state index in [0.717, 1.165) is 32.1 Å². The van der Waals surface area contributed by atoms with E-state index in [1.807, 2.05) is 6.92 Å². The van der Waals surface area contributed by atoms with Gasteiger partial charge in [0.2, 0.25) is 0 Å². The molecule has 0 aliphatic heterocycles. The fourth-order valence-corrected chi connectivity index (χ4v) is 4.32. The topological polar surface area (TPSA) is 291 Å². The molecule has 0 spiro atoms. The summed E-state index contributed by atoms with van der Waals surface area (Å²) in [4.78, 5) is 56.9. The van der Waals surface area contributed by atoms with Crippen LogP contribution in [0.4, 0.5) is 0 Å². The van der Waals surface area contributed by atoms with Gasteiger partial charge in [-0.2, -0.15) is 0 Å². The van der Waals surface area contributed by atoms with E-state index in [1.54, 1.807) is 11.9 Å². The summed E-state index contributed by atoms with van der Waals surface area (Å²) in [5.41, 5.74) is 15.0. The van der Waals surface area contributed by atoms with Gasteiger partial charge < -0.3 is 57.0 Å². The summed E-state index contributed by atoms with van der Waals surface area (Å²) in [6, 6.07) is -0.716. The second-order valence-electron chi connectivity index (χ2n) is 7.45. The summed E-state index contributed by atoms with van der Waals surface area (Å²) in [5, 5.41) is 22.3. The number of rotatable bonds is 15. The van der Waals surface area contributed by atoms with Crippen molar-refractivity contribution in [3.63, 3.8) is 0 Å². The third-order valence-electron chi connectivity index (χ3n) is 4.37. The van der Waals surface area contributed by atoms with Crippen LogP contribution >= 0.6 is 15.2 Å². The maximum atomic E-state index is 11.1. The highest BCUT2D eigenvalue weighted by Gasteiger charge is 2.58. The van der Waals surface area contributed by atoms with Gasteiger partial charge in [0.15, 0.2) is 0 Å². The Morgan fingerprint density at radius 3 is 1.74 bits per heavy atom. The van der Waals surface area contributed by atoms with Gasteiger partial charge in [0.05, 0.1) is 6.54 Å². The molecular formula is C17H42N4O11P2. The number of hydrogen-bond donors (Lipinski definition) is 10. The third kappa shape index (κ3) is 18.4. The standard InChI is InChI=1S/C9H23NO7P2.C6H14N2O2.C2H5NO2/c1-3-4-5-7-10(2)8-6-9(11,18(12,13)14)19(15,16)17;7-4-2-1-3-5(8)6(9)10;3-1-2(4)5/h11H,3-8H2,1-2H3,(H2,12,13,14)(H2,15,16,17);5H,1-4,7-8H2,(H,9,10);1,3H2,(H,4,5)/t;5-;/m.0./s1. The van der Waals surface area contributed by atoms with Crippen LogP contribution in [0.3, 0.4) is 0 Å². The molecule has 34 heavy (non-hydrogen) atoms. The highest BCUT2D eigenvalue weighted by atomic mass is 31.2. The fourth-order valence-electron chi connectivity index (χ4n) is 2.18. The summed E-state index contributed by atoms with van der Waals surface area (Å²) in [6.45, 7) is 2.97. The van der Waals surface area contributed by atoms with Crippen molar-refractivity contribution in [2.45, 2.75) is 63.0 Å². The molecule has 0 aromatic rings. The first-order chi connectivity index (χ1) is 15.4. The maximum absolute atomic E-state index is 11.1. The summed E-state index contributed by atoms with van der Waals surface area (Å²) in [5.74, 6) is -1.90. The number of aliphatic hydroxyl groups is 1. The molecule has 15 nitrogen and oxygen atoms in total. The van der Waals surface area contributed by atoms with E-state index in [1.165, 1.54) is 0 Å².